The third-order valence-corrected chi connectivity index (χ3v) is 4.05. The van der Waals surface area contributed by atoms with Gasteiger partial charge in [-0.2, -0.15) is 0 Å². The lowest BCUT2D eigenvalue weighted by molar-refractivity contribution is -0.135. The quantitative estimate of drug-likeness (QED) is 0.866. The van der Waals surface area contributed by atoms with Gasteiger partial charge in [0.2, 0.25) is 5.91 Å². The summed E-state index contributed by atoms with van der Waals surface area (Å²) >= 11 is 0. The molecule has 0 spiro atoms. The maximum atomic E-state index is 13.2. The summed E-state index contributed by atoms with van der Waals surface area (Å²) in [4.78, 5) is 31.5. The molecule has 2 amide bonds. The molecule has 1 aromatic carbocycles. The summed E-state index contributed by atoms with van der Waals surface area (Å²) in [5.74, 6) is -1.05. The molecule has 3 rings (SSSR count). The highest BCUT2D eigenvalue weighted by molar-refractivity contribution is 5.96. The van der Waals surface area contributed by atoms with Crippen molar-refractivity contribution in [3.05, 3.63) is 65.2 Å². The minimum atomic E-state index is -0.565. The number of amides is 2. The monoisotopic (exact) mass is 327 g/mol. The van der Waals surface area contributed by atoms with Crippen molar-refractivity contribution in [2.24, 2.45) is 0 Å². The number of hydrogen-bond donors (Lipinski definition) is 0. The number of carbonyl (C=O) groups excluding carboxylic acids is 2. The zero-order chi connectivity index (χ0) is 17.1. The first kappa shape index (κ1) is 16.1. The van der Waals surface area contributed by atoms with Gasteiger partial charge in [0.25, 0.3) is 5.91 Å². The largest absolute Gasteiger partial charge is 0.335 e. The molecule has 5 nitrogen and oxygen atoms in total. The number of piperazine rings is 1. The fraction of sp³-hybridized carbons (Fsp3) is 0.278. The second-order valence-corrected chi connectivity index (χ2v) is 5.92. The van der Waals surface area contributed by atoms with Crippen LogP contribution < -0.4 is 0 Å². The summed E-state index contributed by atoms with van der Waals surface area (Å²) in [6.45, 7) is 3.43. The molecular formula is C18H18FN3O2. The highest BCUT2D eigenvalue weighted by Gasteiger charge is 2.28. The van der Waals surface area contributed by atoms with Gasteiger partial charge >= 0.3 is 0 Å². The standard InChI is InChI=1S/C18H18FN3O2/c1-13-2-4-14(5-3-13)11-21-6-7-22(12-17(21)23)18(24)15-8-16(19)10-20-9-15/h2-5,8-10H,6-7,11-12H2,1H3. The maximum Gasteiger partial charge on any atom is 0.256 e. The second-order valence-electron chi connectivity index (χ2n) is 5.92. The Balaban J connectivity index is 1.63. The van der Waals surface area contributed by atoms with Crippen LogP contribution in [-0.2, 0) is 11.3 Å². The van der Waals surface area contributed by atoms with Gasteiger partial charge in [-0.25, -0.2) is 4.39 Å². The second kappa shape index (κ2) is 6.78. The van der Waals surface area contributed by atoms with Crippen molar-refractivity contribution < 1.29 is 14.0 Å². The van der Waals surface area contributed by atoms with Crippen molar-refractivity contribution in [1.29, 1.82) is 0 Å². The maximum absolute atomic E-state index is 13.2. The van der Waals surface area contributed by atoms with Gasteiger partial charge in [-0.15, -0.1) is 0 Å². The number of aromatic nitrogens is 1. The van der Waals surface area contributed by atoms with Crippen molar-refractivity contribution >= 4 is 11.8 Å². The van der Waals surface area contributed by atoms with Crippen molar-refractivity contribution in [2.45, 2.75) is 13.5 Å². The van der Waals surface area contributed by atoms with Crippen LogP contribution in [0, 0.1) is 12.7 Å². The average Bonchev–Trinajstić information content (AvgIpc) is 2.58. The Morgan fingerprint density at radius 1 is 1.21 bits per heavy atom. The number of hydrogen-bond acceptors (Lipinski definition) is 3. The molecule has 0 saturated carbocycles. The summed E-state index contributed by atoms with van der Waals surface area (Å²) in [6.07, 6.45) is 2.36. The van der Waals surface area contributed by atoms with Crippen molar-refractivity contribution in [3.8, 4) is 0 Å². The zero-order valence-electron chi connectivity index (χ0n) is 13.4. The van der Waals surface area contributed by atoms with Crippen LogP contribution in [0.25, 0.3) is 0 Å². The Morgan fingerprint density at radius 2 is 1.96 bits per heavy atom. The smallest absolute Gasteiger partial charge is 0.256 e. The molecule has 1 aliphatic heterocycles. The average molecular weight is 327 g/mol. The van der Waals surface area contributed by atoms with E-state index in [0.29, 0.717) is 19.6 Å². The first-order chi connectivity index (χ1) is 11.5. The normalized spacial score (nSPS) is 14.8. The van der Waals surface area contributed by atoms with E-state index in [0.717, 1.165) is 17.8 Å². The molecule has 0 N–H and O–H groups in total. The lowest BCUT2D eigenvalue weighted by atomic mass is 10.1. The van der Waals surface area contributed by atoms with E-state index in [4.69, 9.17) is 0 Å². The molecule has 124 valence electrons. The predicted molar refractivity (Wildman–Crippen MR) is 86.7 cm³/mol. The summed E-state index contributed by atoms with van der Waals surface area (Å²) in [7, 11) is 0. The third-order valence-electron chi connectivity index (χ3n) is 4.05. The Labute approximate surface area is 139 Å². The number of nitrogens with zero attached hydrogens (tertiary/aromatic N) is 3. The van der Waals surface area contributed by atoms with E-state index >= 15 is 0 Å². The van der Waals surface area contributed by atoms with Gasteiger partial charge in [0, 0.05) is 25.8 Å². The fourth-order valence-corrected chi connectivity index (χ4v) is 2.67. The van der Waals surface area contributed by atoms with Gasteiger partial charge in [0.05, 0.1) is 11.8 Å². The number of benzene rings is 1. The van der Waals surface area contributed by atoms with Crippen LogP contribution in [-0.4, -0.2) is 46.2 Å². The lowest BCUT2D eigenvalue weighted by Gasteiger charge is -2.34. The van der Waals surface area contributed by atoms with Gasteiger partial charge in [-0.3, -0.25) is 14.6 Å². The van der Waals surface area contributed by atoms with Crippen molar-refractivity contribution in [3.63, 3.8) is 0 Å². The number of halogens is 1. The molecule has 1 saturated heterocycles. The Morgan fingerprint density at radius 3 is 2.62 bits per heavy atom. The summed E-state index contributed by atoms with van der Waals surface area (Å²) in [5, 5.41) is 0. The minimum Gasteiger partial charge on any atom is -0.335 e. The molecule has 2 heterocycles. The molecule has 1 aromatic heterocycles. The first-order valence-corrected chi connectivity index (χ1v) is 7.76. The van der Waals surface area contributed by atoms with Crippen LogP contribution in [0.4, 0.5) is 4.39 Å². The van der Waals surface area contributed by atoms with Crippen LogP contribution in [0.1, 0.15) is 21.5 Å². The van der Waals surface area contributed by atoms with Gasteiger partial charge in [-0.1, -0.05) is 29.8 Å². The van der Waals surface area contributed by atoms with Crippen molar-refractivity contribution in [2.75, 3.05) is 19.6 Å². The molecular weight excluding hydrogens is 309 g/mol. The summed E-state index contributed by atoms with van der Waals surface area (Å²) in [6, 6.07) is 9.16. The van der Waals surface area contributed by atoms with E-state index in [1.54, 1.807) is 4.90 Å². The SMILES string of the molecule is Cc1ccc(CN2CCN(C(=O)c3cncc(F)c3)CC2=O)cc1. The molecule has 1 fully saturated rings. The van der Waals surface area contributed by atoms with Gasteiger partial charge < -0.3 is 9.80 Å². The molecule has 0 unspecified atom stereocenters. The molecule has 2 aromatic rings. The number of rotatable bonds is 3. The van der Waals surface area contributed by atoms with E-state index in [9.17, 15) is 14.0 Å². The van der Waals surface area contributed by atoms with Gasteiger partial charge in [0.1, 0.15) is 12.4 Å². The molecule has 0 radical (unpaired) electrons. The molecule has 0 bridgehead atoms. The minimum absolute atomic E-state index is 0.00120. The van der Waals surface area contributed by atoms with Gasteiger partial charge in [-0.05, 0) is 18.6 Å². The zero-order valence-corrected chi connectivity index (χ0v) is 13.4. The summed E-state index contributed by atoms with van der Waals surface area (Å²) < 4.78 is 13.2. The molecule has 6 heteroatoms. The number of pyridine rings is 1. The number of carbonyl (C=O) groups is 2. The van der Waals surface area contributed by atoms with Crippen LogP contribution in [0.15, 0.2) is 42.7 Å². The van der Waals surface area contributed by atoms with Crippen molar-refractivity contribution in [1.82, 2.24) is 14.8 Å². The van der Waals surface area contributed by atoms with Crippen LogP contribution in [0.5, 0.6) is 0 Å². The third kappa shape index (κ3) is 3.59. The molecule has 1 aliphatic rings. The predicted octanol–water partition coefficient (Wildman–Crippen LogP) is 2.01. The fourth-order valence-electron chi connectivity index (χ4n) is 2.67. The summed E-state index contributed by atoms with van der Waals surface area (Å²) in [5.41, 5.74) is 2.39. The van der Waals surface area contributed by atoms with E-state index in [1.165, 1.54) is 16.7 Å². The molecule has 0 aliphatic carbocycles. The topological polar surface area (TPSA) is 53.5 Å². The van der Waals surface area contributed by atoms with E-state index in [-0.39, 0.29) is 23.9 Å². The van der Waals surface area contributed by atoms with Crippen LogP contribution in [0.2, 0.25) is 0 Å². The number of aryl methyl sites for hydroxylation is 1. The van der Waals surface area contributed by atoms with Crippen LogP contribution >= 0.6 is 0 Å². The van der Waals surface area contributed by atoms with Crippen LogP contribution in [0.3, 0.4) is 0 Å². The van der Waals surface area contributed by atoms with E-state index in [2.05, 4.69) is 4.98 Å². The van der Waals surface area contributed by atoms with E-state index < -0.39 is 5.82 Å². The Bertz CT molecular complexity index is 761. The van der Waals surface area contributed by atoms with Gasteiger partial charge in [0.15, 0.2) is 0 Å². The Kier molecular flexibility index (Phi) is 4.55. The molecule has 0 atom stereocenters. The lowest BCUT2D eigenvalue weighted by Crippen LogP contribution is -2.51. The Hall–Kier alpha value is -2.76. The first-order valence-electron chi connectivity index (χ1n) is 7.76. The highest BCUT2D eigenvalue weighted by atomic mass is 19.1. The highest BCUT2D eigenvalue weighted by Crippen LogP contribution is 2.13. The molecule has 24 heavy (non-hydrogen) atoms. The van der Waals surface area contributed by atoms with E-state index in [1.807, 2.05) is 31.2 Å².